The number of methoxy groups -OCH3 is 1. The molecule has 0 unspecified atom stereocenters. The van der Waals surface area contributed by atoms with Crippen molar-refractivity contribution in [2.24, 2.45) is 0 Å². The summed E-state index contributed by atoms with van der Waals surface area (Å²) in [6.07, 6.45) is 3.27. The molecule has 186 valence electrons. The third-order valence-corrected chi connectivity index (χ3v) is 6.72. The van der Waals surface area contributed by atoms with Crippen molar-refractivity contribution in [3.8, 4) is 0 Å². The molecule has 0 bridgehead atoms. The molecule has 0 fully saturated rings. The number of fused-ring (bicyclic) bond motifs is 2. The lowest BCUT2D eigenvalue weighted by atomic mass is 9.98. The molecule has 0 saturated heterocycles. The third-order valence-electron chi connectivity index (χ3n) is 6.72. The lowest BCUT2D eigenvalue weighted by Gasteiger charge is -2.31. The molecule has 0 radical (unpaired) electrons. The molecule has 9 nitrogen and oxygen atoms in total. The number of carbonyl (C=O) groups excluding carboxylic acids is 1. The number of para-hydroxylation sites is 1. The van der Waals surface area contributed by atoms with Crippen molar-refractivity contribution in [1.82, 2.24) is 18.7 Å². The predicted molar refractivity (Wildman–Crippen MR) is 138 cm³/mol. The molecule has 36 heavy (non-hydrogen) atoms. The van der Waals surface area contributed by atoms with Crippen molar-refractivity contribution in [1.29, 1.82) is 0 Å². The summed E-state index contributed by atoms with van der Waals surface area (Å²) in [6.45, 7) is 3.20. The van der Waals surface area contributed by atoms with E-state index in [-0.39, 0.29) is 24.5 Å². The molecule has 1 amide bonds. The van der Waals surface area contributed by atoms with Crippen molar-refractivity contribution >= 4 is 22.8 Å². The van der Waals surface area contributed by atoms with E-state index in [2.05, 4.69) is 4.98 Å². The number of aromatic nitrogens is 4. The van der Waals surface area contributed by atoms with Gasteiger partial charge in [-0.15, -0.1) is 0 Å². The Bertz CT molecular complexity index is 1530. The highest BCUT2D eigenvalue weighted by atomic mass is 16.5. The van der Waals surface area contributed by atoms with Gasteiger partial charge in [-0.05, 0) is 36.5 Å². The molecule has 5 rings (SSSR count). The Labute approximate surface area is 208 Å². The molecular weight excluding hydrogens is 458 g/mol. The van der Waals surface area contributed by atoms with Gasteiger partial charge in [-0.3, -0.25) is 14.2 Å². The molecule has 3 heterocycles. The van der Waals surface area contributed by atoms with Gasteiger partial charge in [0.15, 0.2) is 11.2 Å². The van der Waals surface area contributed by atoms with Crippen LogP contribution >= 0.6 is 0 Å². The van der Waals surface area contributed by atoms with E-state index in [4.69, 9.17) is 4.74 Å². The summed E-state index contributed by atoms with van der Waals surface area (Å²) in [5.74, 6) is -0.280. The number of amides is 1. The highest BCUT2D eigenvalue weighted by Gasteiger charge is 2.26. The minimum atomic E-state index is -0.552. The zero-order valence-electron chi connectivity index (χ0n) is 20.5. The van der Waals surface area contributed by atoms with Crippen LogP contribution in [-0.4, -0.2) is 44.9 Å². The Morgan fingerprint density at radius 1 is 1.06 bits per heavy atom. The Balaban J connectivity index is 1.61. The van der Waals surface area contributed by atoms with Crippen LogP contribution in [0.15, 0.2) is 64.4 Å². The van der Waals surface area contributed by atoms with Gasteiger partial charge in [0.2, 0.25) is 5.91 Å². The van der Waals surface area contributed by atoms with E-state index in [1.54, 1.807) is 22.9 Å². The van der Waals surface area contributed by atoms with Crippen LogP contribution in [0.3, 0.4) is 0 Å². The van der Waals surface area contributed by atoms with Crippen LogP contribution < -0.4 is 16.1 Å². The van der Waals surface area contributed by atoms with Crippen LogP contribution in [0.2, 0.25) is 0 Å². The van der Waals surface area contributed by atoms with Gasteiger partial charge in [0, 0.05) is 25.9 Å². The first-order valence-electron chi connectivity index (χ1n) is 12.1. The fourth-order valence-corrected chi connectivity index (χ4v) is 4.96. The van der Waals surface area contributed by atoms with E-state index in [9.17, 15) is 14.4 Å². The van der Waals surface area contributed by atoms with Crippen LogP contribution in [0, 0.1) is 6.92 Å². The van der Waals surface area contributed by atoms with Crippen molar-refractivity contribution in [3.63, 3.8) is 0 Å². The number of benzene rings is 2. The van der Waals surface area contributed by atoms with Crippen molar-refractivity contribution < 1.29 is 9.53 Å². The fraction of sp³-hybridized carbons (Fsp3) is 0.333. The first-order chi connectivity index (χ1) is 17.5. The number of nitrogens with zero attached hydrogens (tertiary/aromatic N) is 5. The number of rotatable bonds is 7. The maximum Gasteiger partial charge on any atom is 0.333 e. The number of hydrogen-bond acceptors (Lipinski definition) is 5. The first-order valence-corrected chi connectivity index (χ1v) is 12.1. The summed E-state index contributed by atoms with van der Waals surface area (Å²) < 4.78 is 9.39. The number of carbonyl (C=O) groups is 1. The lowest BCUT2D eigenvalue weighted by molar-refractivity contribution is -0.119. The second-order valence-electron chi connectivity index (χ2n) is 9.08. The third kappa shape index (κ3) is 4.26. The quantitative estimate of drug-likeness (QED) is 0.399. The first kappa shape index (κ1) is 23.7. The topological polar surface area (TPSA) is 91.4 Å². The molecule has 4 aromatic rings. The molecule has 2 aromatic heterocycles. The summed E-state index contributed by atoms with van der Waals surface area (Å²) in [5, 5.41) is 0. The van der Waals surface area contributed by atoms with E-state index in [0.717, 1.165) is 39.8 Å². The standard InChI is InChI=1S/C27H29N5O4/c1-19-8-6-11-21-12-7-13-30(23(19)21)22(33)17-32-26(34)24-25(28-18-29(24)14-15-36-2)31(27(32)35)16-20-9-4-3-5-10-20/h3-6,8-11,18H,7,12-17H2,1-2H3. The van der Waals surface area contributed by atoms with Gasteiger partial charge < -0.3 is 14.2 Å². The molecule has 0 atom stereocenters. The molecule has 9 heteroatoms. The van der Waals surface area contributed by atoms with Gasteiger partial charge in [-0.25, -0.2) is 14.3 Å². The summed E-state index contributed by atoms with van der Waals surface area (Å²) >= 11 is 0. The zero-order valence-corrected chi connectivity index (χ0v) is 20.5. The molecule has 0 N–H and O–H groups in total. The maximum atomic E-state index is 13.6. The minimum absolute atomic E-state index is 0.234. The van der Waals surface area contributed by atoms with Crippen LogP contribution in [0.1, 0.15) is 23.1 Å². The van der Waals surface area contributed by atoms with E-state index in [0.29, 0.717) is 25.3 Å². The van der Waals surface area contributed by atoms with Crippen LogP contribution in [0.4, 0.5) is 5.69 Å². The van der Waals surface area contributed by atoms with Gasteiger partial charge in [0.05, 0.1) is 19.5 Å². The fourth-order valence-electron chi connectivity index (χ4n) is 4.96. The largest absolute Gasteiger partial charge is 0.383 e. The lowest BCUT2D eigenvalue weighted by Crippen LogP contribution is -2.46. The predicted octanol–water partition coefficient (Wildman–Crippen LogP) is 2.34. The maximum absolute atomic E-state index is 13.6. The van der Waals surface area contributed by atoms with E-state index in [1.165, 1.54) is 4.57 Å². The van der Waals surface area contributed by atoms with Gasteiger partial charge in [0.25, 0.3) is 5.56 Å². The normalized spacial score (nSPS) is 13.2. The van der Waals surface area contributed by atoms with Gasteiger partial charge >= 0.3 is 5.69 Å². The number of imidazole rings is 1. The average Bonchev–Trinajstić information content (AvgIpc) is 3.32. The van der Waals surface area contributed by atoms with E-state index < -0.39 is 11.2 Å². The summed E-state index contributed by atoms with van der Waals surface area (Å²) in [4.78, 5) is 46.9. The van der Waals surface area contributed by atoms with Crippen molar-refractivity contribution in [2.75, 3.05) is 25.2 Å². The van der Waals surface area contributed by atoms with Gasteiger partial charge in [-0.2, -0.15) is 0 Å². The number of anilines is 1. The van der Waals surface area contributed by atoms with Crippen LogP contribution in [0.5, 0.6) is 0 Å². The van der Waals surface area contributed by atoms with Gasteiger partial charge in [0.1, 0.15) is 6.54 Å². The number of ether oxygens (including phenoxy) is 1. The molecular formula is C27H29N5O4. The molecule has 2 aromatic carbocycles. The van der Waals surface area contributed by atoms with Crippen molar-refractivity contribution in [3.05, 3.63) is 92.4 Å². The Kier molecular flexibility index (Phi) is 6.56. The smallest absolute Gasteiger partial charge is 0.333 e. The Hall–Kier alpha value is -3.98. The van der Waals surface area contributed by atoms with Crippen LogP contribution in [0.25, 0.3) is 11.2 Å². The highest BCUT2D eigenvalue weighted by molar-refractivity contribution is 5.95. The highest BCUT2D eigenvalue weighted by Crippen LogP contribution is 2.30. The van der Waals surface area contributed by atoms with Crippen molar-refractivity contribution in [2.45, 2.75) is 39.4 Å². The average molecular weight is 488 g/mol. The molecule has 0 spiro atoms. The monoisotopic (exact) mass is 487 g/mol. The van der Waals surface area contributed by atoms with E-state index in [1.807, 2.05) is 55.5 Å². The molecule has 0 aliphatic carbocycles. The Morgan fingerprint density at radius 3 is 2.64 bits per heavy atom. The molecule has 0 saturated carbocycles. The minimum Gasteiger partial charge on any atom is -0.383 e. The zero-order chi connectivity index (χ0) is 25.2. The molecule has 1 aliphatic rings. The number of hydrogen-bond donors (Lipinski definition) is 0. The number of aryl methyl sites for hydroxylation is 2. The van der Waals surface area contributed by atoms with E-state index >= 15 is 0 Å². The molecule has 1 aliphatic heterocycles. The summed E-state index contributed by atoms with van der Waals surface area (Å²) in [6, 6.07) is 15.5. The SMILES string of the molecule is COCCn1cnc2c1c(=O)n(CC(=O)N1CCCc3cccc(C)c31)c(=O)n2Cc1ccccc1. The Morgan fingerprint density at radius 2 is 1.86 bits per heavy atom. The van der Waals surface area contributed by atoms with Crippen LogP contribution in [-0.2, 0) is 35.6 Å². The van der Waals surface area contributed by atoms with Gasteiger partial charge in [-0.1, -0.05) is 48.5 Å². The second-order valence-corrected chi connectivity index (χ2v) is 9.08. The second kappa shape index (κ2) is 9.94. The summed E-state index contributed by atoms with van der Waals surface area (Å²) in [7, 11) is 1.58. The summed E-state index contributed by atoms with van der Waals surface area (Å²) in [5.41, 5.74) is 3.39.